The van der Waals surface area contributed by atoms with E-state index in [4.69, 9.17) is 4.74 Å². The van der Waals surface area contributed by atoms with Crippen molar-refractivity contribution in [2.45, 2.75) is 19.3 Å². The van der Waals surface area contributed by atoms with Crippen LogP contribution in [-0.2, 0) is 22.4 Å². The Morgan fingerprint density at radius 3 is 3.20 bits per heavy atom. The number of aryl methyl sites for hydroxylation is 1. The second kappa shape index (κ2) is 4.34. The van der Waals surface area contributed by atoms with Gasteiger partial charge in [0.2, 0.25) is 0 Å². The third-order valence-corrected chi connectivity index (χ3v) is 2.60. The lowest BCUT2D eigenvalue weighted by molar-refractivity contribution is -0.140. The number of carbonyl (C=O) groups excluding carboxylic acids is 1. The highest BCUT2D eigenvalue weighted by atomic mass is 16.5. The van der Waals surface area contributed by atoms with E-state index in [9.17, 15) is 4.79 Å². The summed E-state index contributed by atoms with van der Waals surface area (Å²) in [6.45, 7) is 0.774. The maximum atomic E-state index is 11.0. The van der Waals surface area contributed by atoms with Crippen LogP contribution in [0.15, 0.2) is 18.2 Å². The van der Waals surface area contributed by atoms with Gasteiger partial charge in [0, 0.05) is 12.8 Å². The van der Waals surface area contributed by atoms with E-state index >= 15 is 0 Å². The zero-order valence-electron chi connectivity index (χ0n) is 8.79. The van der Waals surface area contributed by atoms with E-state index in [1.54, 1.807) is 0 Å². The molecule has 1 aromatic carbocycles. The SMILES string of the molecule is COC(=O)CCc1ccc2c(c1)CCO2. The zero-order valence-corrected chi connectivity index (χ0v) is 8.79. The monoisotopic (exact) mass is 206 g/mol. The number of ether oxygens (including phenoxy) is 2. The molecule has 0 unspecified atom stereocenters. The van der Waals surface area contributed by atoms with Crippen LogP contribution in [0, 0.1) is 0 Å². The van der Waals surface area contributed by atoms with Crippen molar-refractivity contribution in [3.63, 3.8) is 0 Å². The fraction of sp³-hybridized carbons (Fsp3) is 0.417. The summed E-state index contributed by atoms with van der Waals surface area (Å²) in [6, 6.07) is 6.10. The Kier molecular flexibility index (Phi) is 2.90. The van der Waals surface area contributed by atoms with Crippen molar-refractivity contribution in [1.82, 2.24) is 0 Å². The standard InChI is InChI=1S/C12H14O3/c1-14-12(13)5-3-9-2-4-11-10(8-9)6-7-15-11/h2,4,8H,3,5-7H2,1H3. The molecule has 80 valence electrons. The van der Waals surface area contributed by atoms with Gasteiger partial charge >= 0.3 is 5.97 Å². The minimum atomic E-state index is -0.160. The van der Waals surface area contributed by atoms with Gasteiger partial charge in [0.25, 0.3) is 0 Å². The van der Waals surface area contributed by atoms with Crippen LogP contribution >= 0.6 is 0 Å². The van der Waals surface area contributed by atoms with Gasteiger partial charge in [0.15, 0.2) is 0 Å². The molecule has 0 spiro atoms. The molecule has 0 radical (unpaired) electrons. The molecule has 3 heteroatoms. The fourth-order valence-corrected chi connectivity index (χ4v) is 1.74. The molecule has 0 N–H and O–H groups in total. The molecular formula is C12H14O3. The average molecular weight is 206 g/mol. The first-order chi connectivity index (χ1) is 7.29. The van der Waals surface area contributed by atoms with E-state index in [0.29, 0.717) is 6.42 Å². The number of hydrogen-bond acceptors (Lipinski definition) is 3. The third kappa shape index (κ3) is 2.29. The molecule has 3 nitrogen and oxygen atoms in total. The summed E-state index contributed by atoms with van der Waals surface area (Å²) in [6.07, 6.45) is 2.15. The second-order valence-electron chi connectivity index (χ2n) is 3.62. The molecule has 1 aliphatic heterocycles. The Bertz CT molecular complexity index is 371. The zero-order chi connectivity index (χ0) is 10.7. The summed E-state index contributed by atoms with van der Waals surface area (Å²) in [7, 11) is 1.42. The van der Waals surface area contributed by atoms with E-state index in [-0.39, 0.29) is 5.97 Å². The van der Waals surface area contributed by atoms with E-state index in [0.717, 1.165) is 25.2 Å². The number of benzene rings is 1. The molecule has 0 bridgehead atoms. The van der Waals surface area contributed by atoms with Gasteiger partial charge in [-0.15, -0.1) is 0 Å². The van der Waals surface area contributed by atoms with Gasteiger partial charge in [-0.1, -0.05) is 12.1 Å². The van der Waals surface area contributed by atoms with Crippen molar-refractivity contribution in [3.8, 4) is 5.75 Å². The molecule has 1 aliphatic rings. The van der Waals surface area contributed by atoms with Gasteiger partial charge in [-0.05, 0) is 23.6 Å². The van der Waals surface area contributed by atoms with Crippen molar-refractivity contribution in [2.24, 2.45) is 0 Å². The number of fused-ring (bicyclic) bond motifs is 1. The highest BCUT2D eigenvalue weighted by Crippen LogP contribution is 2.26. The molecule has 0 saturated heterocycles. The van der Waals surface area contributed by atoms with Crippen LogP contribution in [0.5, 0.6) is 5.75 Å². The summed E-state index contributed by atoms with van der Waals surface area (Å²) >= 11 is 0. The lowest BCUT2D eigenvalue weighted by Gasteiger charge is -2.03. The summed E-state index contributed by atoms with van der Waals surface area (Å²) in [5.41, 5.74) is 2.42. The van der Waals surface area contributed by atoms with Crippen LogP contribution in [0.3, 0.4) is 0 Å². The number of rotatable bonds is 3. The molecule has 0 fully saturated rings. The van der Waals surface area contributed by atoms with Crippen LogP contribution in [0.2, 0.25) is 0 Å². The van der Waals surface area contributed by atoms with Crippen molar-refractivity contribution < 1.29 is 14.3 Å². The van der Waals surface area contributed by atoms with Crippen molar-refractivity contribution in [3.05, 3.63) is 29.3 Å². The van der Waals surface area contributed by atoms with Gasteiger partial charge in [-0.3, -0.25) is 4.79 Å². The Morgan fingerprint density at radius 2 is 2.40 bits per heavy atom. The van der Waals surface area contributed by atoms with Gasteiger partial charge in [-0.25, -0.2) is 0 Å². The van der Waals surface area contributed by atoms with Crippen LogP contribution in [0.4, 0.5) is 0 Å². The first kappa shape index (κ1) is 10.0. The molecule has 1 aromatic rings. The van der Waals surface area contributed by atoms with Crippen LogP contribution in [0.25, 0.3) is 0 Å². The molecule has 0 aromatic heterocycles. The molecule has 0 atom stereocenters. The lowest BCUT2D eigenvalue weighted by atomic mass is 10.1. The Labute approximate surface area is 89.0 Å². The van der Waals surface area contributed by atoms with Gasteiger partial charge < -0.3 is 9.47 Å². The predicted octanol–water partition coefficient (Wildman–Crippen LogP) is 1.73. The second-order valence-corrected chi connectivity index (χ2v) is 3.62. The summed E-state index contributed by atoms with van der Waals surface area (Å²) in [5, 5.41) is 0. The molecule has 0 amide bonds. The first-order valence-corrected chi connectivity index (χ1v) is 5.11. The van der Waals surface area contributed by atoms with E-state index in [1.165, 1.54) is 18.2 Å². The molecule has 0 aliphatic carbocycles. The van der Waals surface area contributed by atoms with E-state index < -0.39 is 0 Å². The number of esters is 1. The van der Waals surface area contributed by atoms with Crippen molar-refractivity contribution >= 4 is 5.97 Å². The van der Waals surface area contributed by atoms with Gasteiger partial charge in [0.1, 0.15) is 5.75 Å². The number of carbonyl (C=O) groups is 1. The van der Waals surface area contributed by atoms with Crippen LogP contribution < -0.4 is 4.74 Å². The third-order valence-electron chi connectivity index (χ3n) is 2.60. The number of hydrogen-bond donors (Lipinski definition) is 0. The quantitative estimate of drug-likeness (QED) is 0.706. The Hall–Kier alpha value is -1.51. The molecule has 2 rings (SSSR count). The predicted molar refractivity (Wildman–Crippen MR) is 56.0 cm³/mol. The van der Waals surface area contributed by atoms with E-state index in [1.807, 2.05) is 12.1 Å². The smallest absolute Gasteiger partial charge is 0.305 e. The van der Waals surface area contributed by atoms with Crippen molar-refractivity contribution in [1.29, 1.82) is 0 Å². The number of methoxy groups -OCH3 is 1. The Balaban J connectivity index is 2.01. The minimum absolute atomic E-state index is 0.160. The Morgan fingerprint density at radius 1 is 1.53 bits per heavy atom. The van der Waals surface area contributed by atoms with Crippen molar-refractivity contribution in [2.75, 3.05) is 13.7 Å². The maximum absolute atomic E-state index is 11.0. The normalized spacial score (nSPS) is 13.1. The summed E-state index contributed by atoms with van der Waals surface area (Å²) < 4.78 is 10.0. The van der Waals surface area contributed by atoms with E-state index in [2.05, 4.69) is 10.8 Å². The molecule has 15 heavy (non-hydrogen) atoms. The fourth-order valence-electron chi connectivity index (χ4n) is 1.74. The summed E-state index contributed by atoms with van der Waals surface area (Å²) in [5.74, 6) is 0.823. The van der Waals surface area contributed by atoms with Gasteiger partial charge in [0.05, 0.1) is 13.7 Å². The molecule has 0 saturated carbocycles. The molecule has 1 heterocycles. The minimum Gasteiger partial charge on any atom is -0.493 e. The first-order valence-electron chi connectivity index (χ1n) is 5.11. The highest BCUT2D eigenvalue weighted by molar-refractivity contribution is 5.69. The lowest BCUT2D eigenvalue weighted by Crippen LogP contribution is -2.01. The largest absolute Gasteiger partial charge is 0.493 e. The average Bonchev–Trinajstić information content (AvgIpc) is 2.72. The maximum Gasteiger partial charge on any atom is 0.305 e. The molecular weight excluding hydrogens is 192 g/mol. The highest BCUT2D eigenvalue weighted by Gasteiger charge is 2.12. The van der Waals surface area contributed by atoms with Crippen LogP contribution in [0.1, 0.15) is 17.5 Å². The van der Waals surface area contributed by atoms with Gasteiger partial charge in [-0.2, -0.15) is 0 Å². The van der Waals surface area contributed by atoms with Crippen LogP contribution in [-0.4, -0.2) is 19.7 Å². The topological polar surface area (TPSA) is 35.5 Å². The summed E-state index contributed by atoms with van der Waals surface area (Å²) in [4.78, 5) is 11.0.